The van der Waals surface area contributed by atoms with E-state index in [1.54, 1.807) is 56.6 Å². The Labute approximate surface area is 214 Å². The maximum absolute atomic E-state index is 13.4. The number of rotatable bonds is 9. The van der Waals surface area contributed by atoms with Gasteiger partial charge in [-0.2, -0.15) is 4.31 Å². The van der Waals surface area contributed by atoms with E-state index >= 15 is 0 Å². The number of piperazine rings is 1. The monoisotopic (exact) mass is 507 g/mol. The second-order valence-corrected chi connectivity index (χ2v) is 11.0. The summed E-state index contributed by atoms with van der Waals surface area (Å²) in [5, 5.41) is 0. The summed E-state index contributed by atoms with van der Waals surface area (Å²) in [7, 11) is -0.672. The van der Waals surface area contributed by atoms with Crippen molar-refractivity contribution in [1.82, 2.24) is 14.1 Å². The maximum Gasteiger partial charge on any atom is 0.243 e. The molecule has 190 valence electrons. The molecule has 0 aromatic heterocycles. The van der Waals surface area contributed by atoms with Gasteiger partial charge in [0.1, 0.15) is 5.75 Å². The maximum atomic E-state index is 13.4. The van der Waals surface area contributed by atoms with Crippen LogP contribution in [0.3, 0.4) is 0 Å². The second kappa shape index (κ2) is 11.7. The van der Waals surface area contributed by atoms with Gasteiger partial charge in [-0.15, -0.1) is 0 Å². The van der Waals surface area contributed by atoms with E-state index in [-0.39, 0.29) is 17.2 Å². The third-order valence-corrected chi connectivity index (χ3v) is 8.58. The summed E-state index contributed by atoms with van der Waals surface area (Å²) in [6, 6.07) is 25.2. The fourth-order valence-electron chi connectivity index (χ4n) is 4.50. The number of ether oxygens (including phenoxy) is 1. The van der Waals surface area contributed by atoms with Gasteiger partial charge in [0, 0.05) is 46.2 Å². The Balaban J connectivity index is 1.48. The summed E-state index contributed by atoms with van der Waals surface area (Å²) in [4.78, 5) is 17.8. The first-order valence-corrected chi connectivity index (χ1v) is 13.5. The van der Waals surface area contributed by atoms with Crippen molar-refractivity contribution in [3.63, 3.8) is 0 Å². The molecule has 1 fully saturated rings. The molecule has 0 radical (unpaired) electrons. The average molecular weight is 508 g/mol. The van der Waals surface area contributed by atoms with Crippen LogP contribution in [-0.4, -0.2) is 68.8 Å². The molecule has 1 aliphatic heterocycles. The quantitative estimate of drug-likeness (QED) is 0.441. The fraction of sp³-hybridized carbons (Fsp3) is 0.321. The van der Waals surface area contributed by atoms with Gasteiger partial charge in [-0.3, -0.25) is 9.69 Å². The van der Waals surface area contributed by atoms with Gasteiger partial charge in [0.05, 0.1) is 18.0 Å². The number of carbonyl (C=O) groups excluding carboxylic acids is 1. The molecule has 3 aromatic rings. The van der Waals surface area contributed by atoms with Crippen LogP contribution in [0.25, 0.3) is 0 Å². The van der Waals surface area contributed by atoms with Crippen LogP contribution in [0.15, 0.2) is 89.8 Å². The summed E-state index contributed by atoms with van der Waals surface area (Å²) >= 11 is 0. The fourth-order valence-corrected chi connectivity index (χ4v) is 5.87. The van der Waals surface area contributed by atoms with E-state index in [2.05, 4.69) is 17.0 Å². The van der Waals surface area contributed by atoms with Gasteiger partial charge in [-0.05, 0) is 35.4 Å². The van der Waals surface area contributed by atoms with Gasteiger partial charge >= 0.3 is 0 Å². The molecule has 0 bridgehead atoms. The van der Waals surface area contributed by atoms with Crippen LogP contribution >= 0.6 is 0 Å². The van der Waals surface area contributed by atoms with Crippen LogP contribution in [0.2, 0.25) is 0 Å². The Morgan fingerprint density at radius 1 is 0.889 bits per heavy atom. The van der Waals surface area contributed by atoms with E-state index < -0.39 is 16.1 Å². The zero-order chi connectivity index (χ0) is 25.5. The number of sulfonamides is 1. The van der Waals surface area contributed by atoms with Gasteiger partial charge in [-0.1, -0.05) is 60.7 Å². The zero-order valence-electron chi connectivity index (χ0n) is 20.8. The topological polar surface area (TPSA) is 70.2 Å². The molecule has 1 saturated heterocycles. The van der Waals surface area contributed by atoms with Crippen LogP contribution in [0.4, 0.5) is 0 Å². The molecule has 0 unspecified atom stereocenters. The molecule has 1 atom stereocenters. The lowest BCUT2D eigenvalue weighted by molar-refractivity contribution is -0.134. The molecule has 1 aliphatic rings. The summed E-state index contributed by atoms with van der Waals surface area (Å²) < 4.78 is 33.4. The summed E-state index contributed by atoms with van der Waals surface area (Å²) in [5.41, 5.74) is 2.00. The first-order valence-electron chi connectivity index (χ1n) is 12.1. The molecule has 4 rings (SSSR count). The number of methoxy groups -OCH3 is 1. The highest BCUT2D eigenvalue weighted by Gasteiger charge is 2.32. The standard InChI is InChI=1S/C28H33N3O4S/c1-29(36(33,34)26-11-7-4-8-12-26)27(24-13-15-25(35-2)16-14-24)21-28(32)31-19-17-30(18-20-31)22-23-9-5-3-6-10-23/h3-16,27H,17-22H2,1-2H3/t27-/m1/s1. The summed E-state index contributed by atoms with van der Waals surface area (Å²) in [6.07, 6.45) is 0.0631. The smallest absolute Gasteiger partial charge is 0.243 e. The Hall–Kier alpha value is -3.20. The highest BCUT2D eigenvalue weighted by Crippen LogP contribution is 2.31. The molecule has 1 heterocycles. The van der Waals surface area contributed by atoms with Gasteiger partial charge in [0.15, 0.2) is 0 Å². The van der Waals surface area contributed by atoms with Crippen LogP contribution in [-0.2, 0) is 21.4 Å². The third-order valence-electron chi connectivity index (χ3n) is 6.70. The number of nitrogens with zero attached hydrogens (tertiary/aromatic N) is 3. The Bertz CT molecular complexity index is 1230. The molecule has 7 nitrogen and oxygen atoms in total. The van der Waals surface area contributed by atoms with E-state index in [9.17, 15) is 13.2 Å². The SMILES string of the molecule is COc1ccc([C@@H](CC(=O)N2CCN(Cc3ccccc3)CC2)N(C)S(=O)(=O)c2ccccc2)cc1. The van der Waals surface area contributed by atoms with Gasteiger partial charge < -0.3 is 9.64 Å². The van der Waals surface area contributed by atoms with Gasteiger partial charge in [0.2, 0.25) is 15.9 Å². The largest absolute Gasteiger partial charge is 0.497 e. The van der Waals surface area contributed by atoms with Gasteiger partial charge in [0.25, 0.3) is 0 Å². The lowest BCUT2D eigenvalue weighted by Crippen LogP contribution is -2.49. The van der Waals surface area contributed by atoms with Crippen molar-refractivity contribution in [2.75, 3.05) is 40.3 Å². The van der Waals surface area contributed by atoms with Gasteiger partial charge in [-0.25, -0.2) is 8.42 Å². The van der Waals surface area contributed by atoms with E-state index in [0.29, 0.717) is 18.8 Å². The van der Waals surface area contributed by atoms with E-state index in [1.807, 2.05) is 35.2 Å². The Kier molecular flexibility index (Phi) is 8.40. The van der Waals surface area contributed by atoms with E-state index in [4.69, 9.17) is 4.74 Å². The molecule has 8 heteroatoms. The first kappa shape index (κ1) is 25.9. The molecular formula is C28H33N3O4S. The Morgan fingerprint density at radius 3 is 2.06 bits per heavy atom. The lowest BCUT2D eigenvalue weighted by Gasteiger charge is -2.36. The molecule has 0 aliphatic carbocycles. The van der Waals surface area contributed by atoms with Crippen molar-refractivity contribution in [3.05, 3.63) is 96.1 Å². The van der Waals surface area contributed by atoms with E-state index in [1.165, 1.54) is 9.87 Å². The molecule has 1 amide bonds. The average Bonchev–Trinajstić information content (AvgIpc) is 2.93. The Morgan fingerprint density at radius 2 is 1.47 bits per heavy atom. The number of hydrogen-bond acceptors (Lipinski definition) is 5. The molecular weight excluding hydrogens is 474 g/mol. The summed E-state index contributed by atoms with van der Waals surface area (Å²) in [5.74, 6) is 0.622. The van der Waals surface area contributed by atoms with Crippen molar-refractivity contribution < 1.29 is 17.9 Å². The van der Waals surface area contributed by atoms with Crippen LogP contribution < -0.4 is 4.74 Å². The van der Waals surface area contributed by atoms with Crippen LogP contribution in [0.5, 0.6) is 5.75 Å². The van der Waals surface area contributed by atoms with Crippen molar-refractivity contribution in [2.45, 2.75) is 23.9 Å². The predicted molar refractivity (Wildman–Crippen MR) is 140 cm³/mol. The van der Waals surface area contributed by atoms with E-state index in [0.717, 1.165) is 25.2 Å². The minimum atomic E-state index is -3.80. The van der Waals surface area contributed by atoms with Crippen molar-refractivity contribution >= 4 is 15.9 Å². The molecule has 0 spiro atoms. The summed E-state index contributed by atoms with van der Waals surface area (Å²) in [6.45, 7) is 3.67. The number of amides is 1. The highest BCUT2D eigenvalue weighted by atomic mass is 32.2. The molecule has 36 heavy (non-hydrogen) atoms. The zero-order valence-corrected chi connectivity index (χ0v) is 21.6. The van der Waals surface area contributed by atoms with Crippen molar-refractivity contribution in [3.8, 4) is 5.75 Å². The minimum absolute atomic E-state index is 0.0507. The van der Waals surface area contributed by atoms with Crippen LogP contribution in [0.1, 0.15) is 23.6 Å². The molecule has 0 N–H and O–H groups in total. The van der Waals surface area contributed by atoms with Crippen molar-refractivity contribution in [2.24, 2.45) is 0 Å². The first-order chi connectivity index (χ1) is 17.4. The normalized spacial score (nSPS) is 15.6. The highest BCUT2D eigenvalue weighted by molar-refractivity contribution is 7.89. The number of hydrogen-bond donors (Lipinski definition) is 0. The number of benzene rings is 3. The number of carbonyl (C=O) groups is 1. The third kappa shape index (κ3) is 6.13. The molecule has 3 aromatic carbocycles. The lowest BCUT2D eigenvalue weighted by atomic mass is 10.0. The minimum Gasteiger partial charge on any atom is -0.497 e. The van der Waals surface area contributed by atoms with Crippen molar-refractivity contribution in [1.29, 1.82) is 0 Å². The second-order valence-electron chi connectivity index (χ2n) is 8.97. The predicted octanol–water partition coefficient (Wildman–Crippen LogP) is 3.79. The van der Waals surface area contributed by atoms with Crippen LogP contribution in [0, 0.1) is 0 Å². The molecule has 0 saturated carbocycles.